The van der Waals surface area contributed by atoms with E-state index in [0.29, 0.717) is 24.8 Å². The molecular weight excluding hydrogens is 455 g/mol. The molecule has 0 bridgehead atoms. The lowest BCUT2D eigenvalue weighted by Gasteiger charge is -2.22. The molecule has 0 radical (unpaired) electrons. The molecule has 0 heterocycles. The van der Waals surface area contributed by atoms with Gasteiger partial charge in [-0.2, -0.15) is 0 Å². The molecule has 0 aliphatic carbocycles. The average molecular weight is 463 g/mol. The van der Waals surface area contributed by atoms with Crippen LogP contribution >= 0.6 is 59.4 Å². The van der Waals surface area contributed by atoms with Crippen molar-refractivity contribution in [3.63, 3.8) is 0 Å². The molecule has 8 heteroatoms. The number of halogens is 4. The predicted molar refractivity (Wildman–Crippen MR) is 83.2 cm³/mol. The molecule has 0 aliphatic rings. The first-order chi connectivity index (χ1) is 8.20. The van der Waals surface area contributed by atoms with Crippen LogP contribution in [0, 0.1) is 0 Å². The number of nitrogens with two attached hydrogens (primary N) is 1. The SMILES string of the molecule is CC(=O)N(C)c1c(Br)c(N)c(Br)c(C(=O)Cl)c1Br. The van der Waals surface area contributed by atoms with E-state index in [1.54, 1.807) is 7.05 Å². The molecule has 1 aromatic rings. The maximum absolute atomic E-state index is 11.4. The van der Waals surface area contributed by atoms with Gasteiger partial charge in [-0.25, -0.2) is 0 Å². The van der Waals surface area contributed by atoms with Crippen molar-refractivity contribution in [2.75, 3.05) is 17.7 Å². The number of amides is 1. The lowest BCUT2D eigenvalue weighted by Crippen LogP contribution is -2.24. The molecule has 0 saturated carbocycles. The van der Waals surface area contributed by atoms with Gasteiger partial charge in [0.2, 0.25) is 5.91 Å². The van der Waals surface area contributed by atoms with E-state index in [2.05, 4.69) is 47.8 Å². The molecule has 1 amide bonds. The number of rotatable bonds is 2. The lowest BCUT2D eigenvalue weighted by molar-refractivity contribution is -0.116. The first-order valence-corrected chi connectivity index (χ1v) is 7.35. The van der Waals surface area contributed by atoms with Gasteiger partial charge < -0.3 is 10.6 Å². The Morgan fingerprint density at radius 2 is 1.67 bits per heavy atom. The van der Waals surface area contributed by atoms with E-state index >= 15 is 0 Å². The van der Waals surface area contributed by atoms with Crippen molar-refractivity contribution in [2.45, 2.75) is 6.92 Å². The Morgan fingerprint density at radius 3 is 2.06 bits per heavy atom. The zero-order valence-electron chi connectivity index (χ0n) is 9.35. The fraction of sp³-hybridized carbons (Fsp3) is 0.200. The Bertz CT molecular complexity index is 549. The maximum atomic E-state index is 11.4. The summed E-state index contributed by atoms with van der Waals surface area (Å²) in [5, 5.41) is -0.675. The molecule has 0 fully saturated rings. The number of anilines is 2. The number of nitrogens with zero attached hydrogens (tertiary/aromatic N) is 1. The van der Waals surface area contributed by atoms with Crippen LogP contribution in [0.1, 0.15) is 17.3 Å². The minimum atomic E-state index is -0.675. The van der Waals surface area contributed by atoms with Gasteiger partial charge in [0, 0.05) is 14.0 Å². The van der Waals surface area contributed by atoms with Crippen molar-refractivity contribution in [2.24, 2.45) is 0 Å². The van der Waals surface area contributed by atoms with Gasteiger partial charge in [0.1, 0.15) is 0 Å². The van der Waals surface area contributed by atoms with Gasteiger partial charge in [-0.1, -0.05) is 0 Å². The molecule has 98 valence electrons. The Morgan fingerprint density at radius 1 is 1.17 bits per heavy atom. The van der Waals surface area contributed by atoms with Gasteiger partial charge in [0.15, 0.2) is 0 Å². The van der Waals surface area contributed by atoms with Crippen molar-refractivity contribution in [3.8, 4) is 0 Å². The number of hydrogen-bond acceptors (Lipinski definition) is 3. The summed E-state index contributed by atoms with van der Waals surface area (Å²) in [5.74, 6) is -0.203. The van der Waals surface area contributed by atoms with Gasteiger partial charge in [0.25, 0.3) is 5.24 Å². The fourth-order valence-corrected chi connectivity index (χ4v) is 4.59. The van der Waals surface area contributed by atoms with Crippen LogP contribution in [0.5, 0.6) is 0 Å². The van der Waals surface area contributed by atoms with E-state index in [-0.39, 0.29) is 11.5 Å². The molecule has 18 heavy (non-hydrogen) atoms. The summed E-state index contributed by atoms with van der Waals surface area (Å²) >= 11 is 15.3. The standard InChI is InChI=1S/C10H8Br3ClN2O2/c1-3(17)16(2)9-6(12)4(10(14)18)5(11)8(15)7(9)13/h15H2,1-2H3. The number of benzene rings is 1. The molecule has 0 unspecified atom stereocenters. The van der Waals surface area contributed by atoms with Crippen LogP contribution in [0.3, 0.4) is 0 Å². The van der Waals surface area contributed by atoms with Crippen molar-refractivity contribution < 1.29 is 9.59 Å². The van der Waals surface area contributed by atoms with Crippen LogP contribution in [0.2, 0.25) is 0 Å². The highest BCUT2D eigenvalue weighted by atomic mass is 79.9. The third-order valence-corrected chi connectivity index (χ3v) is 4.92. The summed E-state index contributed by atoms with van der Waals surface area (Å²) in [6, 6.07) is 0. The van der Waals surface area contributed by atoms with Crippen molar-refractivity contribution in [1.29, 1.82) is 0 Å². The summed E-state index contributed by atoms with van der Waals surface area (Å²) in [7, 11) is 1.57. The second-order valence-corrected chi connectivity index (χ2v) is 6.15. The molecule has 1 aromatic carbocycles. The Kier molecular flexibility index (Phi) is 5.22. The molecule has 0 aliphatic heterocycles. The second-order valence-electron chi connectivity index (χ2n) is 3.43. The summed E-state index contributed by atoms with van der Waals surface area (Å²) in [6.45, 7) is 1.40. The molecule has 0 saturated heterocycles. The summed E-state index contributed by atoms with van der Waals surface area (Å²) in [6.07, 6.45) is 0. The van der Waals surface area contributed by atoms with Gasteiger partial charge >= 0.3 is 0 Å². The van der Waals surface area contributed by atoms with E-state index < -0.39 is 5.24 Å². The van der Waals surface area contributed by atoms with Crippen molar-refractivity contribution in [3.05, 3.63) is 19.0 Å². The minimum Gasteiger partial charge on any atom is -0.397 e. The van der Waals surface area contributed by atoms with Crippen molar-refractivity contribution >= 4 is 81.9 Å². The van der Waals surface area contributed by atoms with E-state index in [0.717, 1.165) is 0 Å². The summed E-state index contributed by atoms with van der Waals surface area (Å²) in [4.78, 5) is 24.2. The normalized spacial score (nSPS) is 10.3. The average Bonchev–Trinajstić information content (AvgIpc) is 2.25. The highest BCUT2D eigenvalue weighted by Crippen LogP contribution is 2.45. The molecular formula is C10H8Br3ClN2O2. The Labute approximate surface area is 134 Å². The molecule has 4 nitrogen and oxygen atoms in total. The van der Waals surface area contributed by atoms with Crippen LogP contribution in [0.25, 0.3) is 0 Å². The fourth-order valence-electron chi connectivity index (χ4n) is 1.29. The Hall–Kier alpha value is -0.110. The van der Waals surface area contributed by atoms with Crippen LogP contribution < -0.4 is 10.6 Å². The minimum absolute atomic E-state index is 0.181. The number of hydrogen-bond donors (Lipinski definition) is 1. The first kappa shape index (κ1) is 15.9. The first-order valence-electron chi connectivity index (χ1n) is 4.60. The van der Waals surface area contributed by atoms with Gasteiger partial charge in [0.05, 0.1) is 30.4 Å². The maximum Gasteiger partial charge on any atom is 0.254 e. The highest BCUT2D eigenvalue weighted by Gasteiger charge is 2.25. The second kappa shape index (κ2) is 5.90. The van der Waals surface area contributed by atoms with Crippen LogP contribution in [0.4, 0.5) is 11.4 Å². The molecule has 1 rings (SSSR count). The lowest BCUT2D eigenvalue weighted by atomic mass is 10.1. The molecule has 0 atom stereocenters. The van der Waals surface area contributed by atoms with Gasteiger partial charge in [-0.05, 0) is 59.4 Å². The summed E-state index contributed by atoms with van der Waals surface area (Å²) < 4.78 is 1.27. The third kappa shape index (κ3) is 2.74. The molecule has 2 N–H and O–H groups in total. The molecule has 0 aromatic heterocycles. The zero-order chi connectivity index (χ0) is 14.2. The smallest absolute Gasteiger partial charge is 0.254 e. The van der Waals surface area contributed by atoms with Crippen molar-refractivity contribution in [1.82, 2.24) is 0 Å². The van der Waals surface area contributed by atoms with E-state index in [1.165, 1.54) is 11.8 Å². The molecule has 0 spiro atoms. The van der Waals surface area contributed by atoms with Crippen LogP contribution in [-0.2, 0) is 4.79 Å². The third-order valence-electron chi connectivity index (χ3n) is 2.33. The van der Waals surface area contributed by atoms with Gasteiger partial charge in [-0.15, -0.1) is 0 Å². The number of carbonyl (C=O) groups excluding carboxylic acids is 2. The van der Waals surface area contributed by atoms with Gasteiger partial charge in [-0.3, -0.25) is 9.59 Å². The topological polar surface area (TPSA) is 63.4 Å². The van der Waals surface area contributed by atoms with Crippen LogP contribution in [-0.4, -0.2) is 18.2 Å². The number of nitrogen functional groups attached to an aromatic ring is 1. The largest absolute Gasteiger partial charge is 0.397 e. The Balaban J connectivity index is 3.73. The highest BCUT2D eigenvalue weighted by molar-refractivity contribution is 9.12. The predicted octanol–water partition coefficient (Wildman–Crippen LogP) is 3.92. The van der Waals surface area contributed by atoms with E-state index in [1.807, 2.05) is 0 Å². The summed E-state index contributed by atoms with van der Waals surface area (Å²) in [5.41, 5.74) is 6.79. The van der Waals surface area contributed by atoms with E-state index in [4.69, 9.17) is 17.3 Å². The van der Waals surface area contributed by atoms with E-state index in [9.17, 15) is 9.59 Å². The zero-order valence-corrected chi connectivity index (χ0v) is 14.9. The van der Waals surface area contributed by atoms with Crippen LogP contribution in [0.15, 0.2) is 13.4 Å². The monoisotopic (exact) mass is 460 g/mol. The number of carbonyl (C=O) groups is 2. The quantitative estimate of drug-likeness (QED) is 0.535.